The van der Waals surface area contributed by atoms with E-state index < -0.39 is 0 Å². The third kappa shape index (κ3) is 8.69. The van der Waals surface area contributed by atoms with Gasteiger partial charge in [-0.15, -0.1) is 0 Å². The number of aromatic nitrogens is 1. The first kappa shape index (κ1) is 53.3. The second-order valence-electron chi connectivity index (χ2n) is 23.1. The molecule has 3 heterocycles. The Kier molecular flexibility index (Phi) is 12.6. The minimum atomic E-state index is 0.481. The van der Waals surface area contributed by atoms with Gasteiger partial charge < -0.3 is 8.83 Å². The third-order valence-corrected chi connectivity index (χ3v) is 18.0. The number of furan rings is 2. The molecule has 16 aromatic rings. The molecule has 3 aromatic heterocycles. The van der Waals surface area contributed by atoms with E-state index in [2.05, 4.69) is 214 Å². The lowest BCUT2D eigenvalue weighted by molar-refractivity contribution is 0.668. The minimum Gasteiger partial charge on any atom is -0.456 e. The zero-order chi connectivity index (χ0) is 60.7. The number of rotatable bonds is 10. The van der Waals surface area contributed by atoms with Crippen molar-refractivity contribution in [3.8, 4) is 56.8 Å². The summed E-state index contributed by atoms with van der Waals surface area (Å²) in [7, 11) is 0. The van der Waals surface area contributed by atoms with Crippen molar-refractivity contribution in [1.82, 2.24) is 4.98 Å². The number of nitrogens with zero attached hydrogens (tertiary/aromatic N) is 4. The number of pyridine rings is 1. The second-order valence-corrected chi connectivity index (χ2v) is 23.1. The Balaban J connectivity index is 0.790. The Labute approximate surface area is 518 Å². The van der Waals surface area contributed by atoms with Crippen LogP contribution in [0.5, 0.6) is 0 Å². The Hall–Kier alpha value is -12.2. The number of aliphatic imine (C=N–C) groups is 1. The van der Waals surface area contributed by atoms with Gasteiger partial charge in [0.2, 0.25) is 0 Å². The summed E-state index contributed by atoms with van der Waals surface area (Å²) in [6.45, 7) is 12.3. The molecule has 420 valence electrons. The molecule has 0 unspecified atom stereocenters. The van der Waals surface area contributed by atoms with Gasteiger partial charge in [0.25, 0.3) is 0 Å². The molecule has 90 heavy (non-hydrogen) atoms. The predicted molar refractivity (Wildman–Crippen MR) is 376 cm³/mol. The average molecular weight is 1150 g/mol. The lowest BCUT2D eigenvalue weighted by atomic mass is 9.86. The second kappa shape index (κ2) is 21.3. The zero-order valence-electron chi connectivity index (χ0n) is 49.3. The van der Waals surface area contributed by atoms with Gasteiger partial charge >= 0.3 is 0 Å². The van der Waals surface area contributed by atoms with E-state index in [1.807, 2.05) is 67.6 Å². The van der Waals surface area contributed by atoms with Crippen LogP contribution in [0.4, 0.5) is 0 Å². The largest absolute Gasteiger partial charge is 0.456 e. The van der Waals surface area contributed by atoms with Gasteiger partial charge in [-0.3, -0.25) is 4.99 Å². The number of nitriles is 2. The SMILES string of the molecule is C=C/C=C\c1c(C)c(-c2ccc3oc4ccc(C#N)cc4c3c2)cc2c1cc(-c1cccc(/C(C)=C/C(=N\C=C)c3cc(C#N)cc4c3oc3ccc(-c5cc6c7ccccc7c(-c7ccc8ccccc8c7)cc6c6ccccc56)cc34)n1)c1ccccc12. The highest BCUT2D eigenvalue weighted by molar-refractivity contribution is 6.26. The van der Waals surface area contributed by atoms with Crippen LogP contribution in [0.3, 0.4) is 0 Å². The smallest absolute Gasteiger partial charge is 0.144 e. The van der Waals surface area contributed by atoms with Crippen molar-refractivity contribution >= 4 is 126 Å². The molecule has 0 fully saturated rings. The van der Waals surface area contributed by atoms with E-state index in [0.717, 1.165) is 116 Å². The van der Waals surface area contributed by atoms with Crippen molar-refractivity contribution in [1.29, 1.82) is 10.5 Å². The van der Waals surface area contributed by atoms with Crippen LogP contribution in [0.1, 0.15) is 40.4 Å². The van der Waals surface area contributed by atoms with E-state index in [0.29, 0.717) is 33.6 Å². The zero-order valence-corrected chi connectivity index (χ0v) is 49.3. The van der Waals surface area contributed by atoms with Crippen LogP contribution in [0.15, 0.2) is 276 Å². The highest BCUT2D eigenvalue weighted by Crippen LogP contribution is 2.46. The maximum absolute atomic E-state index is 10.7. The van der Waals surface area contributed by atoms with Crippen molar-refractivity contribution in [3.05, 3.63) is 296 Å². The molecule has 13 aromatic carbocycles. The number of fused-ring (bicyclic) bond motifs is 15. The summed E-state index contributed by atoms with van der Waals surface area (Å²) in [5.74, 6) is 0. The highest BCUT2D eigenvalue weighted by Gasteiger charge is 2.22. The fourth-order valence-electron chi connectivity index (χ4n) is 13.7. The molecule has 0 aliphatic carbocycles. The van der Waals surface area contributed by atoms with Crippen LogP contribution in [-0.2, 0) is 0 Å². The maximum Gasteiger partial charge on any atom is 0.144 e. The van der Waals surface area contributed by atoms with Crippen LogP contribution in [0.2, 0.25) is 0 Å². The van der Waals surface area contributed by atoms with Crippen LogP contribution in [0, 0.1) is 29.6 Å². The van der Waals surface area contributed by atoms with Gasteiger partial charge in [-0.05, 0) is 232 Å². The van der Waals surface area contributed by atoms with Crippen molar-refractivity contribution in [2.45, 2.75) is 13.8 Å². The fraction of sp³-hybridized carbons (Fsp3) is 0.0238. The van der Waals surface area contributed by atoms with E-state index in [9.17, 15) is 10.5 Å². The quantitative estimate of drug-likeness (QED) is 0.0772. The van der Waals surface area contributed by atoms with E-state index in [4.69, 9.17) is 18.8 Å². The summed E-state index contributed by atoms with van der Waals surface area (Å²) >= 11 is 0. The first-order valence-electron chi connectivity index (χ1n) is 30.0. The molecule has 0 radical (unpaired) electrons. The molecule has 6 heteroatoms. The first-order valence-corrected chi connectivity index (χ1v) is 30.0. The molecule has 0 spiro atoms. The van der Waals surface area contributed by atoms with Gasteiger partial charge in [0.1, 0.15) is 22.3 Å². The van der Waals surface area contributed by atoms with Crippen molar-refractivity contribution in [3.63, 3.8) is 0 Å². The topological polar surface area (TPSA) is 99.1 Å². The fourth-order valence-corrected chi connectivity index (χ4v) is 13.7. The van der Waals surface area contributed by atoms with E-state index in [1.54, 1.807) is 6.07 Å². The van der Waals surface area contributed by atoms with Crippen molar-refractivity contribution in [2.24, 2.45) is 4.99 Å². The van der Waals surface area contributed by atoms with E-state index in [-0.39, 0.29) is 0 Å². The lowest BCUT2D eigenvalue weighted by Crippen LogP contribution is -2.00. The number of hydrogen-bond acceptors (Lipinski definition) is 6. The molecule has 16 rings (SSSR count). The van der Waals surface area contributed by atoms with Crippen molar-refractivity contribution in [2.75, 3.05) is 0 Å². The molecule has 0 bridgehead atoms. The van der Waals surface area contributed by atoms with Gasteiger partial charge in [0, 0.05) is 38.9 Å². The van der Waals surface area contributed by atoms with Crippen LogP contribution < -0.4 is 0 Å². The molecule has 0 atom stereocenters. The molecule has 0 aliphatic rings. The van der Waals surface area contributed by atoms with Crippen LogP contribution in [0.25, 0.3) is 165 Å². The summed E-state index contributed by atoms with van der Waals surface area (Å²) in [6.07, 6.45) is 9.48. The molecule has 0 aliphatic heterocycles. The van der Waals surface area contributed by atoms with E-state index in [1.165, 1.54) is 55.0 Å². The molecular weight excluding hydrogens is 1100 g/mol. The summed E-state index contributed by atoms with van der Waals surface area (Å²) < 4.78 is 13.1. The van der Waals surface area contributed by atoms with Crippen molar-refractivity contribution < 1.29 is 8.83 Å². The lowest BCUT2D eigenvalue weighted by Gasteiger charge is -2.18. The Bertz CT molecular complexity index is 6010. The molecule has 0 saturated carbocycles. The Morgan fingerprint density at radius 2 is 0.989 bits per heavy atom. The standard InChI is InChI=1S/C84H52N4O2/c1-5-7-19-58-50(4)65(56-31-34-82-74(41-56)73-37-51(47-85)28-33-81(73)89-82)43-69-63-24-14-15-25-64(63)72(46-68(58)69)79-27-16-26-78(88-79)49(3)36-80(87-6-2)77-39-52(48-86)38-76-75-42-57(32-35-83(75)90-84(76)77)67-45-71-61-22-12-10-20-59(61)66(44-70(71)62-23-13-11-21-60(62)67)55-30-29-53-17-8-9-18-54(53)40-55/h5-46H,1-2H2,3-4H3/b19-7-,49-36+,87-80+. The minimum absolute atomic E-state index is 0.481. The summed E-state index contributed by atoms with van der Waals surface area (Å²) in [5, 5.41) is 37.9. The molecule has 0 amide bonds. The van der Waals surface area contributed by atoms with Gasteiger partial charge in [0.05, 0.1) is 40.4 Å². The van der Waals surface area contributed by atoms with Gasteiger partial charge in [-0.25, -0.2) is 4.98 Å². The first-order chi connectivity index (χ1) is 44.2. The Morgan fingerprint density at radius 3 is 1.66 bits per heavy atom. The van der Waals surface area contributed by atoms with Crippen LogP contribution >= 0.6 is 0 Å². The molecule has 0 N–H and O–H groups in total. The van der Waals surface area contributed by atoms with Gasteiger partial charge in [-0.1, -0.05) is 159 Å². The molecule has 0 saturated heterocycles. The van der Waals surface area contributed by atoms with Gasteiger partial charge in [-0.2, -0.15) is 10.5 Å². The monoisotopic (exact) mass is 1150 g/mol. The predicted octanol–water partition coefficient (Wildman–Crippen LogP) is 22.8. The summed E-state index contributed by atoms with van der Waals surface area (Å²) in [6, 6.07) is 83.5. The number of allylic oxidation sites excluding steroid dienone is 4. The highest BCUT2D eigenvalue weighted by atomic mass is 16.3. The molecule has 6 nitrogen and oxygen atoms in total. The molecular formula is C84H52N4O2. The number of benzene rings is 13. The van der Waals surface area contributed by atoms with E-state index >= 15 is 0 Å². The average Bonchev–Trinajstić information content (AvgIpc) is 1.01. The number of hydrogen-bond donors (Lipinski definition) is 0. The Morgan fingerprint density at radius 1 is 0.456 bits per heavy atom. The normalized spacial score (nSPS) is 12.3. The summed E-state index contributed by atoms with van der Waals surface area (Å²) in [4.78, 5) is 10.3. The maximum atomic E-state index is 10.7. The van der Waals surface area contributed by atoms with Gasteiger partial charge in [0.15, 0.2) is 0 Å². The summed E-state index contributed by atoms with van der Waals surface area (Å²) in [5.41, 5.74) is 17.4. The third-order valence-electron chi connectivity index (χ3n) is 18.0. The van der Waals surface area contributed by atoms with Crippen LogP contribution in [-0.4, -0.2) is 10.7 Å².